The molecule has 0 bridgehead atoms. The van der Waals surface area contributed by atoms with Crippen molar-refractivity contribution in [3.8, 4) is 23.1 Å². The van der Waals surface area contributed by atoms with Gasteiger partial charge >= 0.3 is 0 Å². The highest BCUT2D eigenvalue weighted by Gasteiger charge is 2.18. The molecule has 32 heavy (non-hydrogen) atoms. The maximum Gasteiger partial charge on any atom is 0.264 e. The van der Waals surface area contributed by atoms with Gasteiger partial charge in [-0.2, -0.15) is 0 Å². The third kappa shape index (κ3) is 4.44. The fourth-order valence-corrected chi connectivity index (χ4v) is 3.64. The van der Waals surface area contributed by atoms with Crippen molar-refractivity contribution in [1.82, 2.24) is 20.1 Å². The number of carbonyl (C=O) groups is 1. The highest BCUT2D eigenvalue weighted by molar-refractivity contribution is 5.88. The number of hydrogen-bond donors (Lipinski definition) is 1. The molecule has 0 saturated carbocycles. The smallest absolute Gasteiger partial charge is 0.264 e. The molecule has 2 aromatic heterocycles. The average Bonchev–Trinajstić information content (AvgIpc) is 3.44. The Labute approximate surface area is 186 Å². The zero-order chi connectivity index (χ0) is 22.5. The zero-order valence-corrected chi connectivity index (χ0v) is 18.4. The van der Waals surface area contributed by atoms with Crippen molar-refractivity contribution < 1.29 is 18.7 Å². The van der Waals surface area contributed by atoms with E-state index in [9.17, 15) is 4.79 Å². The molecule has 0 aliphatic carbocycles. The van der Waals surface area contributed by atoms with Crippen LogP contribution in [0.4, 0.5) is 0 Å². The number of aryl methyl sites for hydroxylation is 1. The third-order valence-electron chi connectivity index (χ3n) is 5.28. The second-order valence-corrected chi connectivity index (χ2v) is 7.32. The molecule has 0 fully saturated rings. The number of methoxy groups -OCH3 is 2. The van der Waals surface area contributed by atoms with Gasteiger partial charge in [-0.3, -0.25) is 4.79 Å². The number of rotatable bonds is 9. The second-order valence-electron chi connectivity index (χ2n) is 7.32. The summed E-state index contributed by atoms with van der Waals surface area (Å²) >= 11 is 0. The molecule has 0 aliphatic heterocycles. The van der Waals surface area contributed by atoms with Crippen LogP contribution >= 0.6 is 0 Å². The van der Waals surface area contributed by atoms with Crippen LogP contribution < -0.4 is 14.8 Å². The summed E-state index contributed by atoms with van der Waals surface area (Å²) in [5, 5.41) is 12.2. The van der Waals surface area contributed by atoms with E-state index >= 15 is 0 Å². The van der Waals surface area contributed by atoms with Crippen LogP contribution in [0.1, 0.15) is 18.4 Å². The van der Waals surface area contributed by atoms with Crippen LogP contribution in [0.3, 0.4) is 0 Å². The van der Waals surface area contributed by atoms with E-state index < -0.39 is 0 Å². The van der Waals surface area contributed by atoms with E-state index in [2.05, 4.69) is 15.5 Å². The van der Waals surface area contributed by atoms with Gasteiger partial charge in [0.05, 0.1) is 14.2 Å². The molecule has 0 saturated heterocycles. The van der Waals surface area contributed by atoms with Gasteiger partial charge in [0.15, 0.2) is 11.5 Å². The summed E-state index contributed by atoms with van der Waals surface area (Å²) in [5.74, 6) is 2.24. The van der Waals surface area contributed by atoms with Gasteiger partial charge in [0.1, 0.15) is 12.2 Å². The maximum atomic E-state index is 12.8. The van der Waals surface area contributed by atoms with E-state index in [1.54, 1.807) is 14.2 Å². The first-order chi connectivity index (χ1) is 15.6. The summed E-state index contributed by atoms with van der Waals surface area (Å²) in [6, 6.07) is 15.6. The van der Waals surface area contributed by atoms with Crippen molar-refractivity contribution in [1.29, 1.82) is 0 Å². The van der Waals surface area contributed by atoms with Gasteiger partial charge < -0.3 is 23.8 Å². The van der Waals surface area contributed by atoms with Gasteiger partial charge in [-0.1, -0.05) is 31.2 Å². The van der Waals surface area contributed by atoms with Crippen LogP contribution in [0.15, 0.2) is 52.9 Å². The molecule has 4 rings (SSSR count). The van der Waals surface area contributed by atoms with Crippen molar-refractivity contribution in [3.63, 3.8) is 0 Å². The van der Waals surface area contributed by atoms with Crippen LogP contribution in [-0.2, 0) is 24.2 Å². The number of carbonyl (C=O) groups excluding carboxylic acids is 1. The van der Waals surface area contributed by atoms with Crippen molar-refractivity contribution in [2.24, 2.45) is 0 Å². The Hall–Kier alpha value is -3.81. The van der Waals surface area contributed by atoms with Crippen molar-refractivity contribution >= 4 is 16.8 Å². The predicted molar refractivity (Wildman–Crippen MR) is 121 cm³/mol. The van der Waals surface area contributed by atoms with E-state index in [1.807, 2.05) is 60.0 Å². The number of hydrogen-bond acceptors (Lipinski definition) is 6. The predicted octanol–water partition coefficient (Wildman–Crippen LogP) is 3.63. The number of para-hydroxylation sites is 1. The monoisotopic (exact) mass is 434 g/mol. The largest absolute Gasteiger partial charge is 0.493 e. The highest BCUT2D eigenvalue weighted by Crippen LogP contribution is 2.28. The summed E-state index contributed by atoms with van der Waals surface area (Å²) in [6.45, 7) is 2.61. The Morgan fingerprint density at radius 2 is 1.88 bits per heavy atom. The number of nitrogens with zero attached hydrogens (tertiary/aromatic N) is 3. The van der Waals surface area contributed by atoms with E-state index in [4.69, 9.17) is 13.9 Å². The van der Waals surface area contributed by atoms with Gasteiger partial charge in [-0.15, -0.1) is 10.2 Å². The van der Waals surface area contributed by atoms with Gasteiger partial charge in [0.25, 0.3) is 5.89 Å². The Morgan fingerprint density at radius 1 is 1.06 bits per heavy atom. The number of benzene rings is 2. The minimum Gasteiger partial charge on any atom is -0.493 e. The Morgan fingerprint density at radius 3 is 2.62 bits per heavy atom. The van der Waals surface area contributed by atoms with Crippen LogP contribution in [0.5, 0.6) is 11.5 Å². The molecule has 1 N–H and O–H groups in total. The lowest BCUT2D eigenvalue weighted by molar-refractivity contribution is -0.121. The van der Waals surface area contributed by atoms with E-state index in [0.29, 0.717) is 42.7 Å². The molecule has 2 aromatic carbocycles. The van der Waals surface area contributed by atoms with Crippen LogP contribution in [0.2, 0.25) is 0 Å². The normalized spacial score (nSPS) is 11.0. The zero-order valence-electron chi connectivity index (χ0n) is 18.4. The van der Waals surface area contributed by atoms with Gasteiger partial charge in [0.2, 0.25) is 11.8 Å². The molecule has 1 amide bonds. The number of aromatic nitrogens is 3. The lowest BCUT2D eigenvalue weighted by Crippen LogP contribution is -2.29. The molecule has 0 atom stereocenters. The van der Waals surface area contributed by atoms with E-state index in [0.717, 1.165) is 22.2 Å². The first-order valence-corrected chi connectivity index (χ1v) is 10.5. The first kappa shape index (κ1) is 21.4. The molecule has 0 spiro atoms. The Balaban J connectivity index is 1.47. The molecule has 0 aliphatic rings. The molecule has 8 heteroatoms. The van der Waals surface area contributed by atoms with Crippen molar-refractivity contribution in [3.05, 3.63) is 60.0 Å². The summed E-state index contributed by atoms with van der Waals surface area (Å²) < 4.78 is 18.3. The number of ether oxygens (including phenoxy) is 2. The molecule has 4 aromatic rings. The second kappa shape index (κ2) is 9.55. The highest BCUT2D eigenvalue weighted by atomic mass is 16.5. The minimum absolute atomic E-state index is 0.0942. The van der Waals surface area contributed by atoms with Crippen LogP contribution in [0, 0.1) is 0 Å². The lowest BCUT2D eigenvalue weighted by Gasteiger charge is -2.11. The summed E-state index contributed by atoms with van der Waals surface area (Å²) in [7, 11) is 3.21. The topological polar surface area (TPSA) is 91.4 Å². The third-order valence-corrected chi connectivity index (χ3v) is 5.28. The Bertz CT molecular complexity index is 1230. The summed E-state index contributed by atoms with van der Waals surface area (Å²) in [6.07, 6.45) is 1.33. The molecular formula is C24H26N4O4. The van der Waals surface area contributed by atoms with Crippen molar-refractivity contribution in [2.75, 3.05) is 20.8 Å². The number of amides is 1. The van der Waals surface area contributed by atoms with E-state index in [-0.39, 0.29) is 12.5 Å². The Kier molecular flexibility index (Phi) is 6.39. The fourth-order valence-electron chi connectivity index (χ4n) is 3.64. The van der Waals surface area contributed by atoms with E-state index in [1.165, 1.54) is 0 Å². The molecular weight excluding hydrogens is 408 g/mol. The molecule has 8 nitrogen and oxygen atoms in total. The van der Waals surface area contributed by atoms with Gasteiger partial charge in [-0.25, -0.2) is 0 Å². The molecule has 2 heterocycles. The minimum atomic E-state index is -0.0942. The molecule has 0 radical (unpaired) electrons. The molecule has 166 valence electrons. The van der Waals surface area contributed by atoms with Crippen LogP contribution in [-0.4, -0.2) is 41.4 Å². The van der Waals surface area contributed by atoms with Gasteiger partial charge in [-0.05, 0) is 36.2 Å². The maximum absolute atomic E-state index is 12.8. The molecule has 0 unspecified atom stereocenters. The first-order valence-electron chi connectivity index (χ1n) is 10.5. The average molecular weight is 434 g/mol. The number of nitrogens with one attached hydrogen (secondary N) is 1. The SMILES string of the molecule is CCc1nnc(-c2cc3ccccc3n2CC(=O)NCCc2ccc(OC)c(OC)c2)o1. The quantitative estimate of drug-likeness (QED) is 0.433. The summed E-state index contributed by atoms with van der Waals surface area (Å²) in [5.41, 5.74) is 2.72. The number of fused-ring (bicyclic) bond motifs is 1. The summed E-state index contributed by atoms with van der Waals surface area (Å²) in [4.78, 5) is 12.8. The van der Waals surface area contributed by atoms with Crippen LogP contribution in [0.25, 0.3) is 22.5 Å². The van der Waals surface area contributed by atoms with Crippen molar-refractivity contribution in [2.45, 2.75) is 26.3 Å². The fraction of sp³-hybridized carbons (Fsp3) is 0.292. The lowest BCUT2D eigenvalue weighted by atomic mass is 10.1. The van der Waals surface area contributed by atoms with Gasteiger partial charge in [0, 0.05) is 23.9 Å². The standard InChI is InChI=1S/C24H26N4O4/c1-4-23-26-27-24(32-23)19-14-17-7-5-6-8-18(17)28(19)15-22(29)25-12-11-16-9-10-20(30-2)21(13-16)31-3/h5-10,13-14H,4,11-12,15H2,1-3H3,(H,25,29).